The number of nitro groups is 1. The van der Waals surface area contributed by atoms with Crippen LogP contribution in [0.3, 0.4) is 0 Å². The third-order valence-electron chi connectivity index (χ3n) is 1.98. The number of rotatable bonds is 5. The molecule has 18 heavy (non-hydrogen) atoms. The summed E-state index contributed by atoms with van der Waals surface area (Å²) in [5, 5.41) is 10.6. The van der Waals surface area contributed by atoms with Gasteiger partial charge in [0.2, 0.25) is 0 Å². The van der Waals surface area contributed by atoms with Crippen LogP contribution in [0.25, 0.3) is 0 Å². The summed E-state index contributed by atoms with van der Waals surface area (Å²) in [6.45, 7) is -0.0608. The van der Waals surface area contributed by atoms with E-state index in [1.54, 1.807) is 0 Å². The van der Waals surface area contributed by atoms with E-state index < -0.39 is 33.8 Å². The van der Waals surface area contributed by atoms with Gasteiger partial charge in [0.1, 0.15) is 12.2 Å². The molecule has 0 saturated carbocycles. The van der Waals surface area contributed by atoms with Crippen molar-refractivity contribution in [1.29, 1.82) is 0 Å². The van der Waals surface area contributed by atoms with Gasteiger partial charge in [0.05, 0.1) is 17.6 Å². The fraction of sp³-hybridized carbons (Fsp3) is 0.300. The van der Waals surface area contributed by atoms with Crippen molar-refractivity contribution < 1.29 is 28.0 Å². The first kappa shape index (κ1) is 14.0. The van der Waals surface area contributed by atoms with E-state index >= 15 is 0 Å². The lowest BCUT2D eigenvalue weighted by Crippen LogP contribution is -2.12. The van der Waals surface area contributed by atoms with Gasteiger partial charge < -0.3 is 9.47 Å². The first-order chi connectivity index (χ1) is 8.47. The number of ether oxygens (including phenoxy) is 2. The number of esters is 1. The minimum Gasteiger partial charge on any atom is -0.459 e. The number of carbonyl (C=O) groups is 1. The van der Waals surface area contributed by atoms with Crippen LogP contribution >= 0.6 is 0 Å². The average molecular weight is 261 g/mol. The topological polar surface area (TPSA) is 78.7 Å². The van der Waals surface area contributed by atoms with Crippen LogP contribution in [0.1, 0.15) is 10.4 Å². The standard InChI is InChI=1S/C10H9F2NO5/c1-17-2-3-18-10(14)6-4-7(11)8(12)5-9(6)13(15)16/h4-5H,2-3H2,1H3. The maximum atomic E-state index is 12.9. The average Bonchev–Trinajstić information content (AvgIpc) is 2.32. The monoisotopic (exact) mass is 261 g/mol. The van der Waals surface area contributed by atoms with Gasteiger partial charge in [-0.3, -0.25) is 10.1 Å². The number of carbonyl (C=O) groups excluding carboxylic acids is 1. The van der Waals surface area contributed by atoms with E-state index in [1.807, 2.05) is 0 Å². The van der Waals surface area contributed by atoms with Gasteiger partial charge in [-0.1, -0.05) is 0 Å². The molecule has 98 valence electrons. The summed E-state index contributed by atoms with van der Waals surface area (Å²) in [5.41, 5.74) is -1.49. The van der Waals surface area contributed by atoms with Crippen molar-refractivity contribution in [3.63, 3.8) is 0 Å². The van der Waals surface area contributed by atoms with E-state index in [4.69, 9.17) is 0 Å². The van der Waals surface area contributed by atoms with E-state index in [0.29, 0.717) is 12.1 Å². The Bertz CT molecular complexity index is 478. The van der Waals surface area contributed by atoms with Gasteiger partial charge in [-0.25, -0.2) is 13.6 Å². The molecule has 0 saturated heterocycles. The molecular formula is C10H9F2NO5. The Hall–Kier alpha value is -2.09. The predicted octanol–water partition coefficient (Wildman–Crippen LogP) is 1.68. The Morgan fingerprint density at radius 3 is 2.50 bits per heavy atom. The van der Waals surface area contributed by atoms with Crippen LogP contribution in [0, 0.1) is 21.7 Å². The van der Waals surface area contributed by atoms with Crippen LogP contribution in [0.5, 0.6) is 0 Å². The van der Waals surface area contributed by atoms with Gasteiger partial charge in [-0.2, -0.15) is 0 Å². The van der Waals surface area contributed by atoms with Crippen LogP contribution in [-0.2, 0) is 9.47 Å². The second-order valence-electron chi connectivity index (χ2n) is 3.17. The van der Waals surface area contributed by atoms with Crippen molar-refractivity contribution >= 4 is 11.7 Å². The Kier molecular flexibility index (Phi) is 4.67. The predicted molar refractivity (Wildman–Crippen MR) is 55.2 cm³/mol. The molecule has 0 amide bonds. The molecule has 0 radical (unpaired) electrons. The molecule has 0 spiro atoms. The van der Waals surface area contributed by atoms with Crippen LogP contribution in [-0.4, -0.2) is 31.2 Å². The number of halogens is 2. The summed E-state index contributed by atoms with van der Waals surface area (Å²) in [4.78, 5) is 21.0. The molecule has 1 aromatic rings. The van der Waals surface area contributed by atoms with Crippen LogP contribution in [0.15, 0.2) is 12.1 Å². The third-order valence-corrected chi connectivity index (χ3v) is 1.98. The van der Waals surface area contributed by atoms with Crippen LogP contribution in [0.2, 0.25) is 0 Å². The quantitative estimate of drug-likeness (QED) is 0.348. The fourth-order valence-electron chi connectivity index (χ4n) is 1.15. The molecule has 1 aromatic carbocycles. The molecule has 1 rings (SSSR count). The molecule has 0 fully saturated rings. The molecule has 6 nitrogen and oxygen atoms in total. The normalized spacial score (nSPS) is 10.2. The maximum Gasteiger partial charge on any atom is 0.345 e. The summed E-state index contributed by atoms with van der Waals surface area (Å²) in [6, 6.07) is 0.769. The molecule has 8 heteroatoms. The minimum absolute atomic E-state index is 0.0865. The lowest BCUT2D eigenvalue weighted by atomic mass is 10.1. The molecule has 0 aliphatic carbocycles. The highest BCUT2D eigenvalue weighted by Crippen LogP contribution is 2.22. The Labute approximate surface area is 100 Å². The van der Waals surface area contributed by atoms with E-state index in [9.17, 15) is 23.7 Å². The summed E-state index contributed by atoms with van der Waals surface area (Å²) in [6.07, 6.45) is 0. The lowest BCUT2D eigenvalue weighted by Gasteiger charge is -2.05. The number of nitro benzene ring substituents is 1. The van der Waals surface area contributed by atoms with E-state index in [1.165, 1.54) is 7.11 Å². The zero-order chi connectivity index (χ0) is 13.7. The minimum atomic E-state index is -1.41. The van der Waals surface area contributed by atoms with Crippen molar-refractivity contribution in [3.8, 4) is 0 Å². The number of methoxy groups -OCH3 is 1. The molecule has 0 bridgehead atoms. The SMILES string of the molecule is COCCOC(=O)c1cc(F)c(F)cc1[N+](=O)[O-]. The summed E-state index contributed by atoms with van der Waals surface area (Å²) in [5.74, 6) is -3.88. The first-order valence-electron chi connectivity index (χ1n) is 4.77. The van der Waals surface area contributed by atoms with Crippen molar-refractivity contribution in [2.75, 3.05) is 20.3 Å². The van der Waals surface area contributed by atoms with Crippen molar-refractivity contribution in [1.82, 2.24) is 0 Å². The zero-order valence-corrected chi connectivity index (χ0v) is 9.31. The lowest BCUT2D eigenvalue weighted by molar-refractivity contribution is -0.385. The Morgan fingerprint density at radius 2 is 1.94 bits per heavy atom. The van der Waals surface area contributed by atoms with Crippen LogP contribution < -0.4 is 0 Å². The first-order valence-corrected chi connectivity index (χ1v) is 4.77. The number of benzene rings is 1. The van der Waals surface area contributed by atoms with Gasteiger partial charge in [0, 0.05) is 7.11 Å². The van der Waals surface area contributed by atoms with Gasteiger partial charge in [-0.15, -0.1) is 0 Å². The number of nitrogens with zero attached hydrogens (tertiary/aromatic N) is 1. The van der Waals surface area contributed by atoms with Crippen LogP contribution in [0.4, 0.5) is 14.5 Å². The summed E-state index contributed by atoms with van der Waals surface area (Å²) >= 11 is 0. The van der Waals surface area contributed by atoms with E-state index in [-0.39, 0.29) is 13.2 Å². The molecule has 0 unspecified atom stereocenters. The summed E-state index contributed by atoms with van der Waals surface area (Å²) < 4.78 is 35.0. The second-order valence-corrected chi connectivity index (χ2v) is 3.17. The Morgan fingerprint density at radius 1 is 1.33 bits per heavy atom. The van der Waals surface area contributed by atoms with E-state index in [2.05, 4.69) is 9.47 Å². The van der Waals surface area contributed by atoms with Crippen molar-refractivity contribution in [3.05, 3.63) is 39.4 Å². The van der Waals surface area contributed by atoms with Crippen molar-refractivity contribution in [2.24, 2.45) is 0 Å². The summed E-state index contributed by atoms with van der Waals surface area (Å²) in [7, 11) is 1.37. The highest BCUT2D eigenvalue weighted by molar-refractivity contribution is 5.93. The Balaban J connectivity index is 3.02. The molecule has 0 N–H and O–H groups in total. The largest absolute Gasteiger partial charge is 0.459 e. The molecule has 0 atom stereocenters. The molecular weight excluding hydrogens is 252 g/mol. The molecule has 0 aliphatic rings. The third kappa shape index (κ3) is 3.20. The fourth-order valence-corrected chi connectivity index (χ4v) is 1.15. The smallest absolute Gasteiger partial charge is 0.345 e. The van der Waals surface area contributed by atoms with Gasteiger partial charge >= 0.3 is 5.97 Å². The zero-order valence-electron chi connectivity index (χ0n) is 9.31. The number of hydrogen-bond acceptors (Lipinski definition) is 5. The van der Waals surface area contributed by atoms with Gasteiger partial charge in [-0.05, 0) is 6.07 Å². The highest BCUT2D eigenvalue weighted by atomic mass is 19.2. The van der Waals surface area contributed by atoms with Crippen molar-refractivity contribution in [2.45, 2.75) is 0 Å². The maximum absolute atomic E-state index is 12.9. The highest BCUT2D eigenvalue weighted by Gasteiger charge is 2.24. The van der Waals surface area contributed by atoms with E-state index in [0.717, 1.165) is 0 Å². The molecule has 0 aliphatic heterocycles. The molecule has 0 heterocycles. The van der Waals surface area contributed by atoms with Gasteiger partial charge in [0.15, 0.2) is 11.6 Å². The second kappa shape index (κ2) is 6.01. The van der Waals surface area contributed by atoms with Gasteiger partial charge in [0.25, 0.3) is 5.69 Å². The molecule has 0 aromatic heterocycles. The number of hydrogen-bond donors (Lipinski definition) is 0.